The minimum Gasteiger partial charge on any atom is -0.472 e. The van der Waals surface area contributed by atoms with Crippen LogP contribution >= 0.6 is 0 Å². The maximum atomic E-state index is 13.1. The smallest absolute Gasteiger partial charge is 0.275 e. The molecular formula is C24H28N6O2. The molecule has 5 rings (SSSR count). The quantitative estimate of drug-likeness (QED) is 0.653. The summed E-state index contributed by atoms with van der Waals surface area (Å²) in [7, 11) is 1.94. The number of ether oxygens (including phenoxy) is 1. The molecule has 166 valence electrons. The highest BCUT2D eigenvalue weighted by molar-refractivity contribution is 6.06. The fourth-order valence-electron chi connectivity index (χ4n) is 4.41. The standard InChI is InChI=1S/C24H28N6O2/c1-16-11-17(7-8-25-16)24-28-20(15-32-24)23(31)27-19-12-18-14-26-29(2)21(18)13-22(19)30-9-5-3-4-6-10-30/h7-8,11-15,24,28H,3-6,9-10H2,1-2H3,(H,27,31). The van der Waals surface area contributed by atoms with Crippen LogP contribution < -0.4 is 15.5 Å². The number of aryl methyl sites for hydroxylation is 2. The molecule has 32 heavy (non-hydrogen) atoms. The minimum absolute atomic E-state index is 0.224. The minimum atomic E-state index is -0.400. The van der Waals surface area contributed by atoms with Gasteiger partial charge in [-0.05, 0) is 44.0 Å². The fourth-order valence-corrected chi connectivity index (χ4v) is 4.41. The lowest BCUT2D eigenvalue weighted by molar-refractivity contribution is -0.113. The highest BCUT2D eigenvalue weighted by atomic mass is 16.5. The SMILES string of the molecule is Cc1cc(C2NC(C(=O)Nc3cc4cnn(C)c4cc3N3CCCCCC3)=CO2)ccn1. The Labute approximate surface area is 187 Å². The molecule has 0 radical (unpaired) electrons. The van der Waals surface area contributed by atoms with Gasteiger partial charge in [-0.25, -0.2) is 0 Å². The van der Waals surface area contributed by atoms with Gasteiger partial charge in [0, 0.05) is 43.0 Å². The number of carbonyl (C=O) groups is 1. The predicted octanol–water partition coefficient (Wildman–Crippen LogP) is 3.76. The monoisotopic (exact) mass is 432 g/mol. The molecule has 0 bridgehead atoms. The van der Waals surface area contributed by atoms with Gasteiger partial charge in [-0.15, -0.1) is 0 Å². The molecule has 0 saturated carbocycles. The van der Waals surface area contributed by atoms with E-state index < -0.39 is 6.23 Å². The molecule has 0 spiro atoms. The van der Waals surface area contributed by atoms with Crippen molar-refractivity contribution in [3.05, 3.63) is 59.9 Å². The number of anilines is 2. The first-order valence-electron chi connectivity index (χ1n) is 11.2. The summed E-state index contributed by atoms with van der Waals surface area (Å²) in [5.74, 6) is -0.224. The third-order valence-corrected chi connectivity index (χ3v) is 6.14. The van der Waals surface area contributed by atoms with Crippen molar-refractivity contribution in [3.8, 4) is 0 Å². The number of nitrogens with one attached hydrogen (secondary N) is 2. The number of fused-ring (bicyclic) bond motifs is 1. The second-order valence-corrected chi connectivity index (χ2v) is 8.47. The largest absolute Gasteiger partial charge is 0.472 e. The van der Waals surface area contributed by atoms with Crippen LogP contribution in [0.25, 0.3) is 10.9 Å². The van der Waals surface area contributed by atoms with Crippen molar-refractivity contribution in [3.63, 3.8) is 0 Å². The molecule has 1 saturated heterocycles. The van der Waals surface area contributed by atoms with Gasteiger partial charge in [-0.1, -0.05) is 12.8 Å². The molecule has 1 atom stereocenters. The maximum Gasteiger partial charge on any atom is 0.275 e. The van der Waals surface area contributed by atoms with Crippen LogP contribution in [-0.4, -0.2) is 33.8 Å². The van der Waals surface area contributed by atoms with Gasteiger partial charge in [0.05, 0.1) is 23.1 Å². The molecule has 0 aliphatic carbocycles. The second kappa shape index (κ2) is 8.53. The number of hydrogen-bond acceptors (Lipinski definition) is 6. The average Bonchev–Trinajstić information content (AvgIpc) is 3.32. The van der Waals surface area contributed by atoms with Gasteiger partial charge in [0.25, 0.3) is 5.91 Å². The summed E-state index contributed by atoms with van der Waals surface area (Å²) in [6.07, 6.45) is 9.47. The Morgan fingerprint density at radius 1 is 1.19 bits per heavy atom. The number of hydrogen-bond donors (Lipinski definition) is 2. The first-order chi connectivity index (χ1) is 15.6. The van der Waals surface area contributed by atoms with Crippen molar-refractivity contribution >= 4 is 28.2 Å². The molecule has 8 nitrogen and oxygen atoms in total. The predicted molar refractivity (Wildman–Crippen MR) is 124 cm³/mol. The molecule has 3 aromatic rings. The average molecular weight is 433 g/mol. The summed E-state index contributed by atoms with van der Waals surface area (Å²) in [5.41, 5.74) is 5.12. The third kappa shape index (κ3) is 4.00. The number of nitrogens with zero attached hydrogens (tertiary/aromatic N) is 4. The van der Waals surface area contributed by atoms with E-state index in [0.29, 0.717) is 5.70 Å². The summed E-state index contributed by atoms with van der Waals surface area (Å²) in [5, 5.41) is 11.7. The first kappa shape index (κ1) is 20.4. The van der Waals surface area contributed by atoms with E-state index in [1.54, 1.807) is 6.20 Å². The summed E-state index contributed by atoms with van der Waals surface area (Å²) < 4.78 is 7.59. The van der Waals surface area contributed by atoms with Crippen LogP contribution in [0.3, 0.4) is 0 Å². The molecule has 1 amide bonds. The van der Waals surface area contributed by atoms with Crippen LogP contribution in [0.15, 0.2) is 48.6 Å². The highest BCUT2D eigenvalue weighted by Crippen LogP contribution is 2.33. The van der Waals surface area contributed by atoms with Crippen LogP contribution in [0.1, 0.15) is 43.2 Å². The van der Waals surface area contributed by atoms with Gasteiger partial charge in [-0.3, -0.25) is 14.5 Å². The fraction of sp³-hybridized carbons (Fsp3) is 0.375. The molecule has 1 fully saturated rings. The van der Waals surface area contributed by atoms with Gasteiger partial charge < -0.3 is 20.3 Å². The van der Waals surface area contributed by atoms with Crippen LogP contribution in [-0.2, 0) is 16.6 Å². The molecule has 2 aromatic heterocycles. The molecule has 4 heterocycles. The van der Waals surface area contributed by atoms with E-state index in [9.17, 15) is 4.79 Å². The van der Waals surface area contributed by atoms with E-state index in [0.717, 1.165) is 59.5 Å². The van der Waals surface area contributed by atoms with E-state index in [1.165, 1.54) is 19.1 Å². The molecule has 2 aliphatic heterocycles. The van der Waals surface area contributed by atoms with Gasteiger partial charge in [0.1, 0.15) is 12.0 Å². The Hall–Kier alpha value is -3.55. The number of rotatable bonds is 4. The van der Waals surface area contributed by atoms with E-state index in [1.807, 2.05) is 43.0 Å². The summed E-state index contributed by atoms with van der Waals surface area (Å²) in [4.78, 5) is 19.7. The Kier molecular flexibility index (Phi) is 5.43. The van der Waals surface area contributed by atoms with Crippen molar-refractivity contribution in [2.75, 3.05) is 23.3 Å². The Morgan fingerprint density at radius 2 is 2.00 bits per heavy atom. The number of pyridine rings is 1. The summed E-state index contributed by atoms with van der Waals surface area (Å²) in [6, 6.07) is 7.98. The third-order valence-electron chi connectivity index (χ3n) is 6.14. The normalized spacial score (nSPS) is 18.6. The number of amides is 1. The highest BCUT2D eigenvalue weighted by Gasteiger charge is 2.25. The molecule has 2 N–H and O–H groups in total. The van der Waals surface area contributed by atoms with Crippen molar-refractivity contribution in [2.24, 2.45) is 7.05 Å². The molecular weight excluding hydrogens is 404 g/mol. The molecule has 1 aromatic carbocycles. The lowest BCUT2D eigenvalue weighted by Gasteiger charge is -2.26. The number of carbonyl (C=O) groups excluding carboxylic acids is 1. The Bertz CT molecular complexity index is 1180. The van der Waals surface area contributed by atoms with Crippen molar-refractivity contribution < 1.29 is 9.53 Å². The maximum absolute atomic E-state index is 13.1. The summed E-state index contributed by atoms with van der Waals surface area (Å²) in [6.45, 7) is 3.90. The Morgan fingerprint density at radius 3 is 2.78 bits per heavy atom. The zero-order valence-corrected chi connectivity index (χ0v) is 18.5. The van der Waals surface area contributed by atoms with E-state index in [4.69, 9.17) is 4.74 Å². The molecule has 8 heteroatoms. The van der Waals surface area contributed by atoms with Crippen LogP contribution in [0, 0.1) is 6.92 Å². The lowest BCUT2D eigenvalue weighted by atomic mass is 10.1. The van der Waals surface area contributed by atoms with E-state index in [2.05, 4.69) is 31.7 Å². The van der Waals surface area contributed by atoms with Crippen LogP contribution in [0.5, 0.6) is 0 Å². The summed E-state index contributed by atoms with van der Waals surface area (Å²) >= 11 is 0. The molecule has 2 aliphatic rings. The number of benzene rings is 1. The van der Waals surface area contributed by atoms with Gasteiger partial charge in [0.2, 0.25) is 0 Å². The van der Waals surface area contributed by atoms with E-state index >= 15 is 0 Å². The Balaban J connectivity index is 1.39. The van der Waals surface area contributed by atoms with Gasteiger partial charge in [-0.2, -0.15) is 5.10 Å². The number of aromatic nitrogens is 3. The second-order valence-electron chi connectivity index (χ2n) is 8.47. The van der Waals surface area contributed by atoms with Crippen molar-refractivity contribution in [1.82, 2.24) is 20.1 Å². The zero-order valence-electron chi connectivity index (χ0n) is 18.5. The first-order valence-corrected chi connectivity index (χ1v) is 11.2. The van der Waals surface area contributed by atoms with Crippen LogP contribution in [0.4, 0.5) is 11.4 Å². The van der Waals surface area contributed by atoms with Crippen LogP contribution in [0.2, 0.25) is 0 Å². The lowest BCUT2D eigenvalue weighted by Crippen LogP contribution is -2.28. The van der Waals surface area contributed by atoms with E-state index in [-0.39, 0.29) is 5.91 Å². The van der Waals surface area contributed by atoms with Gasteiger partial charge >= 0.3 is 0 Å². The van der Waals surface area contributed by atoms with Crippen molar-refractivity contribution in [2.45, 2.75) is 38.8 Å². The zero-order chi connectivity index (χ0) is 22.1. The van der Waals surface area contributed by atoms with Gasteiger partial charge in [0.15, 0.2) is 6.23 Å². The van der Waals surface area contributed by atoms with Crippen molar-refractivity contribution in [1.29, 1.82) is 0 Å². The topological polar surface area (TPSA) is 84.3 Å². The molecule has 1 unspecified atom stereocenters.